The summed E-state index contributed by atoms with van der Waals surface area (Å²) in [6, 6.07) is 10.6. The molecule has 0 fully saturated rings. The van der Waals surface area contributed by atoms with Gasteiger partial charge in [0.05, 0.1) is 5.60 Å². The summed E-state index contributed by atoms with van der Waals surface area (Å²) in [6.45, 7) is 3.14. The molecule has 2 N–H and O–H groups in total. The number of phenolic OH excluding ortho intramolecular Hbond substituents is 1. The molecule has 0 aliphatic heterocycles. The first kappa shape index (κ1) is 13.1. The molecule has 0 amide bonds. The first-order valence-electron chi connectivity index (χ1n) is 6.30. The summed E-state index contributed by atoms with van der Waals surface area (Å²) in [5.41, 5.74) is -1.14. The number of hydrogen-bond acceptors (Lipinski definition) is 4. The zero-order valence-electron chi connectivity index (χ0n) is 11.2. The average Bonchev–Trinajstić information content (AvgIpc) is 2.38. The molecule has 0 unspecified atom stereocenters. The Hall–Kier alpha value is -1.91. The molecule has 0 bridgehead atoms. The van der Waals surface area contributed by atoms with Gasteiger partial charge in [0.1, 0.15) is 5.75 Å². The molecule has 3 rings (SSSR count). The molecule has 0 spiro atoms. The van der Waals surface area contributed by atoms with Gasteiger partial charge in [0.15, 0.2) is 5.43 Å². The number of rotatable bonds is 1. The predicted octanol–water partition coefficient (Wildman–Crippen LogP) is 3.35. The van der Waals surface area contributed by atoms with Crippen LogP contribution in [0.5, 0.6) is 5.75 Å². The molecule has 2 aromatic carbocycles. The fourth-order valence-electron chi connectivity index (χ4n) is 2.50. The summed E-state index contributed by atoms with van der Waals surface area (Å²) < 4.78 is 1.67. The van der Waals surface area contributed by atoms with Gasteiger partial charge in [-0.25, -0.2) is 0 Å². The Morgan fingerprint density at radius 3 is 2.45 bits per heavy atom. The number of phenols is 1. The molecule has 0 radical (unpaired) electrons. The van der Waals surface area contributed by atoms with E-state index in [4.69, 9.17) is 0 Å². The summed E-state index contributed by atoms with van der Waals surface area (Å²) in [7, 11) is 0. The van der Waals surface area contributed by atoms with Crippen molar-refractivity contribution in [2.24, 2.45) is 0 Å². The van der Waals surface area contributed by atoms with Crippen LogP contribution in [0.3, 0.4) is 0 Å². The number of benzene rings is 2. The quantitative estimate of drug-likeness (QED) is 0.674. The molecule has 20 heavy (non-hydrogen) atoms. The lowest BCUT2D eigenvalue weighted by Crippen LogP contribution is -2.19. The van der Waals surface area contributed by atoms with Gasteiger partial charge in [0.2, 0.25) is 0 Å². The van der Waals surface area contributed by atoms with Crippen LogP contribution in [0.1, 0.15) is 19.4 Å². The van der Waals surface area contributed by atoms with Crippen molar-refractivity contribution >= 4 is 31.5 Å². The van der Waals surface area contributed by atoms with Gasteiger partial charge in [-0.1, -0.05) is 12.1 Å². The maximum atomic E-state index is 12.7. The smallest absolute Gasteiger partial charge is 0.196 e. The van der Waals surface area contributed by atoms with Gasteiger partial charge in [0.25, 0.3) is 0 Å². The second-order valence-electron chi connectivity index (χ2n) is 5.32. The van der Waals surface area contributed by atoms with Crippen LogP contribution in [-0.2, 0) is 5.60 Å². The molecule has 4 heteroatoms. The highest BCUT2D eigenvalue weighted by Crippen LogP contribution is 2.36. The highest BCUT2D eigenvalue weighted by atomic mass is 32.1. The van der Waals surface area contributed by atoms with E-state index in [1.165, 1.54) is 17.4 Å². The van der Waals surface area contributed by atoms with Crippen molar-refractivity contribution < 1.29 is 10.2 Å². The Balaban J connectivity index is 2.61. The third kappa shape index (κ3) is 1.88. The van der Waals surface area contributed by atoms with Gasteiger partial charge in [-0.2, -0.15) is 0 Å². The second-order valence-corrected chi connectivity index (χ2v) is 6.40. The molecule has 0 saturated heterocycles. The first-order valence-corrected chi connectivity index (χ1v) is 7.11. The number of aliphatic hydroxyl groups is 1. The van der Waals surface area contributed by atoms with Crippen LogP contribution in [0.25, 0.3) is 20.2 Å². The van der Waals surface area contributed by atoms with Crippen LogP contribution in [-0.4, -0.2) is 10.2 Å². The van der Waals surface area contributed by atoms with Crippen molar-refractivity contribution in [3.63, 3.8) is 0 Å². The Morgan fingerprint density at radius 1 is 1.05 bits per heavy atom. The topological polar surface area (TPSA) is 57.5 Å². The van der Waals surface area contributed by atoms with Gasteiger partial charge in [-0.05, 0) is 38.1 Å². The number of fused-ring (bicyclic) bond motifs is 2. The highest BCUT2D eigenvalue weighted by molar-refractivity contribution is 7.24. The largest absolute Gasteiger partial charge is 0.508 e. The third-order valence-electron chi connectivity index (χ3n) is 3.34. The van der Waals surface area contributed by atoms with Gasteiger partial charge in [-0.15, -0.1) is 11.3 Å². The molecule has 0 atom stereocenters. The lowest BCUT2D eigenvalue weighted by molar-refractivity contribution is 0.0775. The third-order valence-corrected chi connectivity index (χ3v) is 4.47. The van der Waals surface area contributed by atoms with Crippen molar-refractivity contribution in [1.29, 1.82) is 0 Å². The van der Waals surface area contributed by atoms with E-state index in [1.54, 1.807) is 26.0 Å². The molecule has 3 aromatic rings. The van der Waals surface area contributed by atoms with Gasteiger partial charge < -0.3 is 10.2 Å². The van der Waals surface area contributed by atoms with E-state index in [2.05, 4.69) is 0 Å². The molecule has 1 heterocycles. The van der Waals surface area contributed by atoms with Gasteiger partial charge >= 0.3 is 0 Å². The van der Waals surface area contributed by atoms with Crippen LogP contribution in [0.4, 0.5) is 0 Å². The zero-order chi connectivity index (χ0) is 14.5. The van der Waals surface area contributed by atoms with Crippen LogP contribution >= 0.6 is 11.3 Å². The summed E-state index contributed by atoms with van der Waals surface area (Å²) in [5.74, 6) is -0.0513. The molecule has 0 saturated carbocycles. The Bertz CT molecular complexity index is 872. The van der Waals surface area contributed by atoms with Crippen molar-refractivity contribution in [1.82, 2.24) is 0 Å². The van der Waals surface area contributed by atoms with Crippen molar-refractivity contribution in [2.75, 3.05) is 0 Å². The van der Waals surface area contributed by atoms with Crippen molar-refractivity contribution in [2.45, 2.75) is 19.4 Å². The fraction of sp³-hybridized carbons (Fsp3) is 0.188. The van der Waals surface area contributed by atoms with E-state index in [9.17, 15) is 15.0 Å². The molecule has 0 aliphatic rings. The van der Waals surface area contributed by atoms with Crippen LogP contribution in [0, 0.1) is 0 Å². The van der Waals surface area contributed by atoms with Gasteiger partial charge in [0, 0.05) is 25.7 Å². The normalized spacial score (nSPS) is 12.2. The minimum Gasteiger partial charge on any atom is -0.508 e. The van der Waals surface area contributed by atoms with E-state index in [0.717, 1.165) is 9.40 Å². The SMILES string of the molecule is CC(C)(O)c1c(O)ccc2sc3ccccc3c(=O)c12. The molecular formula is C16H14O3S. The van der Waals surface area contributed by atoms with E-state index < -0.39 is 5.60 Å². The van der Waals surface area contributed by atoms with Crippen molar-refractivity contribution in [3.8, 4) is 5.75 Å². The monoisotopic (exact) mass is 286 g/mol. The number of aromatic hydroxyl groups is 1. The minimum absolute atomic E-state index is 0.0513. The second kappa shape index (κ2) is 4.30. The van der Waals surface area contributed by atoms with E-state index in [-0.39, 0.29) is 11.2 Å². The summed E-state index contributed by atoms with van der Waals surface area (Å²) in [6.07, 6.45) is 0. The van der Waals surface area contributed by atoms with Crippen LogP contribution < -0.4 is 5.43 Å². The summed E-state index contributed by atoms with van der Waals surface area (Å²) in [4.78, 5) is 12.7. The fourth-order valence-corrected chi connectivity index (χ4v) is 3.59. The van der Waals surface area contributed by atoms with E-state index in [1.807, 2.05) is 18.2 Å². The molecule has 3 nitrogen and oxygen atoms in total. The summed E-state index contributed by atoms with van der Waals surface area (Å²) >= 11 is 1.48. The first-order chi connectivity index (χ1) is 9.39. The number of hydrogen-bond donors (Lipinski definition) is 2. The average molecular weight is 286 g/mol. The molecule has 0 aliphatic carbocycles. The van der Waals surface area contributed by atoms with Crippen LogP contribution in [0.2, 0.25) is 0 Å². The molecular weight excluding hydrogens is 272 g/mol. The van der Waals surface area contributed by atoms with E-state index >= 15 is 0 Å². The predicted molar refractivity (Wildman–Crippen MR) is 82.5 cm³/mol. The van der Waals surface area contributed by atoms with Crippen LogP contribution in [0.15, 0.2) is 41.2 Å². The lowest BCUT2D eigenvalue weighted by atomic mass is 9.93. The van der Waals surface area contributed by atoms with Gasteiger partial charge in [-0.3, -0.25) is 4.79 Å². The standard InChI is InChI=1S/C16H14O3S/c1-16(2,19)14-10(17)7-8-12-13(14)15(18)9-5-3-4-6-11(9)20-12/h3-8,17,19H,1-2H3. The lowest BCUT2D eigenvalue weighted by Gasteiger charge is -2.21. The highest BCUT2D eigenvalue weighted by Gasteiger charge is 2.25. The van der Waals surface area contributed by atoms with E-state index in [0.29, 0.717) is 16.3 Å². The molecule has 102 valence electrons. The zero-order valence-corrected chi connectivity index (χ0v) is 12.0. The Labute approximate surface area is 119 Å². The van der Waals surface area contributed by atoms with Crippen molar-refractivity contribution in [3.05, 3.63) is 52.2 Å². The maximum absolute atomic E-state index is 12.7. The summed E-state index contributed by atoms with van der Waals surface area (Å²) in [5, 5.41) is 21.3. The molecule has 1 aromatic heterocycles. The minimum atomic E-state index is -1.28. The Kier molecular flexibility index (Phi) is 2.81. The Morgan fingerprint density at radius 2 is 1.75 bits per heavy atom. The maximum Gasteiger partial charge on any atom is 0.196 e.